The standard InChI is InChI=1S/C19H20N4O2/c1-12-11-13(2)22(20-12)19(25)17-14(3)23-16(24)9-10-21(23)18(17)15-7-5-4-6-8-15/h4-8,11,17-18H,3,9-10H2,1-2H3/t17-,18+/m0/s1. The summed E-state index contributed by atoms with van der Waals surface area (Å²) < 4.78 is 1.44. The van der Waals surface area contributed by atoms with E-state index in [1.807, 2.05) is 55.3 Å². The molecule has 128 valence electrons. The molecule has 2 aliphatic heterocycles. The lowest BCUT2D eigenvalue weighted by molar-refractivity contribution is -0.132. The maximum Gasteiger partial charge on any atom is 0.258 e. The highest BCUT2D eigenvalue weighted by atomic mass is 16.2. The molecule has 0 aliphatic carbocycles. The Labute approximate surface area is 146 Å². The molecule has 1 aromatic heterocycles. The van der Waals surface area contributed by atoms with E-state index in [-0.39, 0.29) is 17.9 Å². The molecule has 2 aromatic rings. The number of fused-ring (bicyclic) bond motifs is 1. The van der Waals surface area contributed by atoms with Crippen molar-refractivity contribution in [1.82, 2.24) is 19.8 Å². The van der Waals surface area contributed by atoms with Gasteiger partial charge in [-0.25, -0.2) is 14.7 Å². The molecule has 0 saturated carbocycles. The zero-order valence-corrected chi connectivity index (χ0v) is 14.3. The largest absolute Gasteiger partial charge is 0.273 e. The molecule has 6 nitrogen and oxygen atoms in total. The monoisotopic (exact) mass is 336 g/mol. The summed E-state index contributed by atoms with van der Waals surface area (Å²) in [6.07, 6.45) is 0.448. The van der Waals surface area contributed by atoms with Gasteiger partial charge < -0.3 is 0 Å². The number of aryl methyl sites for hydroxylation is 2. The molecular formula is C19H20N4O2. The van der Waals surface area contributed by atoms with Gasteiger partial charge in [-0.05, 0) is 25.5 Å². The number of hydrazine groups is 1. The van der Waals surface area contributed by atoms with Gasteiger partial charge in [0.25, 0.3) is 5.91 Å². The zero-order valence-electron chi connectivity index (χ0n) is 14.3. The van der Waals surface area contributed by atoms with Crippen molar-refractivity contribution in [3.8, 4) is 0 Å². The van der Waals surface area contributed by atoms with Gasteiger partial charge in [-0.3, -0.25) is 9.59 Å². The first-order valence-electron chi connectivity index (χ1n) is 8.40. The van der Waals surface area contributed by atoms with Gasteiger partial charge in [-0.15, -0.1) is 0 Å². The number of nitrogens with zero attached hydrogens (tertiary/aromatic N) is 4. The minimum Gasteiger partial charge on any atom is -0.273 e. The molecule has 0 radical (unpaired) electrons. The number of hydrogen-bond donors (Lipinski definition) is 0. The number of amides is 1. The Morgan fingerprint density at radius 1 is 1.24 bits per heavy atom. The van der Waals surface area contributed by atoms with Crippen molar-refractivity contribution in [2.75, 3.05) is 6.54 Å². The molecule has 1 aromatic carbocycles. The topological polar surface area (TPSA) is 58.4 Å². The Hall–Kier alpha value is -2.73. The van der Waals surface area contributed by atoms with E-state index in [0.29, 0.717) is 18.7 Å². The van der Waals surface area contributed by atoms with E-state index in [0.717, 1.165) is 17.0 Å². The van der Waals surface area contributed by atoms with Crippen LogP contribution < -0.4 is 0 Å². The van der Waals surface area contributed by atoms with Crippen molar-refractivity contribution in [3.05, 3.63) is 65.6 Å². The quantitative estimate of drug-likeness (QED) is 0.845. The average molecular weight is 336 g/mol. The zero-order chi connectivity index (χ0) is 17.7. The maximum absolute atomic E-state index is 13.3. The van der Waals surface area contributed by atoms with Crippen molar-refractivity contribution >= 4 is 11.8 Å². The van der Waals surface area contributed by atoms with Gasteiger partial charge in [0.15, 0.2) is 0 Å². The molecule has 0 bridgehead atoms. The van der Waals surface area contributed by atoms with E-state index in [2.05, 4.69) is 11.7 Å². The molecular weight excluding hydrogens is 316 g/mol. The Kier molecular flexibility index (Phi) is 3.58. The Morgan fingerprint density at radius 2 is 1.96 bits per heavy atom. The van der Waals surface area contributed by atoms with E-state index in [4.69, 9.17) is 0 Å². The van der Waals surface area contributed by atoms with Crippen LogP contribution in [0, 0.1) is 19.8 Å². The molecule has 3 heterocycles. The fourth-order valence-electron chi connectivity index (χ4n) is 3.91. The van der Waals surface area contributed by atoms with Crippen LogP contribution in [-0.2, 0) is 4.79 Å². The summed E-state index contributed by atoms with van der Waals surface area (Å²) in [6.45, 7) is 8.41. The second-order valence-corrected chi connectivity index (χ2v) is 6.62. The summed E-state index contributed by atoms with van der Waals surface area (Å²) >= 11 is 0. The summed E-state index contributed by atoms with van der Waals surface area (Å²) in [7, 11) is 0. The fraction of sp³-hybridized carbons (Fsp3) is 0.316. The Morgan fingerprint density at radius 3 is 2.60 bits per heavy atom. The molecule has 25 heavy (non-hydrogen) atoms. The smallest absolute Gasteiger partial charge is 0.258 e. The molecule has 1 amide bonds. The van der Waals surface area contributed by atoms with Crippen LogP contribution in [0.5, 0.6) is 0 Å². The van der Waals surface area contributed by atoms with Crippen LogP contribution in [0.3, 0.4) is 0 Å². The summed E-state index contributed by atoms with van der Waals surface area (Å²) in [4.78, 5) is 25.6. The van der Waals surface area contributed by atoms with Gasteiger partial charge in [-0.2, -0.15) is 5.10 Å². The van der Waals surface area contributed by atoms with Crippen molar-refractivity contribution in [2.45, 2.75) is 26.3 Å². The van der Waals surface area contributed by atoms with E-state index >= 15 is 0 Å². The molecule has 2 atom stereocenters. The molecule has 2 saturated heterocycles. The second-order valence-electron chi connectivity index (χ2n) is 6.62. The molecule has 0 N–H and O–H groups in total. The molecule has 0 spiro atoms. The highest BCUT2D eigenvalue weighted by Crippen LogP contribution is 2.46. The van der Waals surface area contributed by atoms with Crippen LogP contribution >= 0.6 is 0 Å². The van der Waals surface area contributed by atoms with Gasteiger partial charge in [0.05, 0.1) is 11.7 Å². The third-order valence-electron chi connectivity index (χ3n) is 4.94. The summed E-state index contributed by atoms with van der Waals surface area (Å²) in [5.74, 6) is -0.689. The van der Waals surface area contributed by atoms with Gasteiger partial charge >= 0.3 is 0 Å². The van der Waals surface area contributed by atoms with Crippen LogP contribution in [0.25, 0.3) is 0 Å². The third-order valence-corrected chi connectivity index (χ3v) is 4.94. The summed E-state index contributed by atoms with van der Waals surface area (Å²) in [6, 6.07) is 11.5. The number of carbonyl (C=O) groups is 2. The summed E-state index contributed by atoms with van der Waals surface area (Å²) in [5, 5.41) is 7.89. The number of rotatable bonds is 2. The van der Waals surface area contributed by atoms with Crippen LogP contribution in [0.4, 0.5) is 0 Å². The van der Waals surface area contributed by atoms with Gasteiger partial charge in [0.1, 0.15) is 5.92 Å². The minimum atomic E-state index is -0.537. The predicted octanol–water partition coefficient (Wildman–Crippen LogP) is 2.47. The van der Waals surface area contributed by atoms with Crippen LogP contribution in [0.15, 0.2) is 48.7 Å². The van der Waals surface area contributed by atoms with Gasteiger partial charge in [0, 0.05) is 24.4 Å². The third kappa shape index (κ3) is 2.33. The minimum absolute atomic E-state index is 0.00500. The first-order valence-corrected chi connectivity index (χ1v) is 8.40. The van der Waals surface area contributed by atoms with E-state index in [1.54, 1.807) is 5.01 Å². The van der Waals surface area contributed by atoms with Crippen molar-refractivity contribution in [3.63, 3.8) is 0 Å². The SMILES string of the molecule is C=C1[C@H](C(=O)n2nc(C)cc2C)[C@@H](c2ccccc2)N2CCC(=O)N12. The summed E-state index contributed by atoms with van der Waals surface area (Å²) in [5.41, 5.74) is 3.12. The van der Waals surface area contributed by atoms with E-state index in [9.17, 15) is 9.59 Å². The Balaban J connectivity index is 1.81. The molecule has 2 aliphatic rings. The first kappa shape index (κ1) is 15.8. The fourth-order valence-corrected chi connectivity index (χ4v) is 3.91. The Bertz CT molecular complexity index is 871. The van der Waals surface area contributed by atoms with Crippen LogP contribution in [-0.4, -0.2) is 38.2 Å². The van der Waals surface area contributed by atoms with Crippen LogP contribution in [0.2, 0.25) is 0 Å². The lowest BCUT2D eigenvalue weighted by Crippen LogP contribution is -2.33. The highest BCUT2D eigenvalue weighted by Gasteiger charge is 2.52. The molecule has 6 heteroatoms. The van der Waals surface area contributed by atoms with Gasteiger partial charge in [-0.1, -0.05) is 36.9 Å². The molecule has 2 fully saturated rings. The predicted molar refractivity (Wildman–Crippen MR) is 92.3 cm³/mol. The average Bonchev–Trinajstić information content (AvgIpc) is 3.22. The maximum atomic E-state index is 13.3. The number of hydrogen-bond acceptors (Lipinski definition) is 4. The van der Waals surface area contributed by atoms with E-state index in [1.165, 1.54) is 4.68 Å². The van der Waals surface area contributed by atoms with Gasteiger partial charge in [0.2, 0.25) is 5.91 Å². The lowest BCUT2D eigenvalue weighted by Gasteiger charge is -2.25. The lowest BCUT2D eigenvalue weighted by atomic mass is 9.91. The van der Waals surface area contributed by atoms with Crippen molar-refractivity contribution in [1.29, 1.82) is 0 Å². The van der Waals surface area contributed by atoms with Crippen LogP contribution in [0.1, 0.15) is 34.2 Å². The normalized spacial score (nSPS) is 23.4. The van der Waals surface area contributed by atoms with Crippen molar-refractivity contribution in [2.24, 2.45) is 5.92 Å². The highest BCUT2D eigenvalue weighted by molar-refractivity contribution is 5.89. The number of carbonyl (C=O) groups excluding carboxylic acids is 2. The molecule has 0 unspecified atom stereocenters. The number of aromatic nitrogens is 2. The first-order chi connectivity index (χ1) is 12.0. The number of benzene rings is 1. The van der Waals surface area contributed by atoms with Crippen molar-refractivity contribution < 1.29 is 9.59 Å². The molecule has 4 rings (SSSR count). The van der Waals surface area contributed by atoms with E-state index < -0.39 is 5.92 Å². The second kappa shape index (κ2) is 5.67.